The molecule has 1 amide bonds. The zero-order valence-electron chi connectivity index (χ0n) is 85.2. The summed E-state index contributed by atoms with van der Waals surface area (Å²) in [7, 11) is 20.5. The summed E-state index contributed by atoms with van der Waals surface area (Å²) in [6, 6.07) is 0.612. The van der Waals surface area contributed by atoms with E-state index in [0.717, 1.165) is 272 Å². The van der Waals surface area contributed by atoms with E-state index in [0.29, 0.717) is 61.3 Å². The maximum atomic E-state index is 11.3. The lowest BCUT2D eigenvalue weighted by atomic mass is 9.69. The minimum Gasteiger partial charge on any atom is -0.381 e. The van der Waals surface area contributed by atoms with E-state index in [1.54, 1.807) is 7.11 Å². The Morgan fingerprint density at radius 1 is 0.363 bits per heavy atom. The van der Waals surface area contributed by atoms with Crippen molar-refractivity contribution in [2.45, 2.75) is 165 Å². The Labute approximate surface area is 825 Å². The van der Waals surface area contributed by atoms with Crippen LogP contribution in [-0.4, -0.2) is 582 Å². The molecule has 0 aromatic rings. The van der Waals surface area contributed by atoms with Gasteiger partial charge >= 0.3 is 0 Å². The standard InChI is InChI=1S/C9H17NO2.2C9H17NO.C8H14N2O2.C8H15NO3S.C8H15NO2S.C8H15NOS.C8H15NO.C7H13NO3S.C7H13NO2S.C7H13NO2.C7H13NOS/c1-10-3-4-12-9(7-10)5-8(6-9)11-2;1-8-6-11-9(4-3-5-9)7-10(8)2;1-10-5-6-11-8-9(7-10)3-2-4-9;1-10-2-3-12-8(6-10)4-7(11)9-5-8;1-9-3-4-12-8(6-9)2-5-13(10,11)7-8;1-9-3-4-11-8(6-9)2-5-12(10)7-8;1-9-3-4-10-8(6-9)2-5-11-7-8;1-9-4-5-10-7-8(6-9)2-3-8;1-8-2-3-11-7(4-8)5-12(9,10)6-7;1-8-2-3-10-7(4-8)5-11(9)6-7;1-8-2-3-10-7(4-8)5-9-6-7;1-8-2-3-9-7(4-8)5-10-6-7/h8H,3-7H2,1-2H3;8H,3-7H2,1-2H3;2-8H2,1H3;2-6H2,1H3,(H,9,11);2-7H2,1H3;2-7H2,1H3;2-7H2,1H3;2-7H2,1H3;2-6H2,1H3;2-6H2,1H3;2*2-6H2,1H3. The monoisotopic (exact) mass is 2030 g/mol. The fourth-order valence-corrected chi connectivity index (χ4v) is 32.1. The first-order valence-corrected chi connectivity index (χ1v) is 59.5. The molecular formula is C95H177N13O21S6. The fourth-order valence-electron chi connectivity index (χ4n) is 22.8. The summed E-state index contributed by atoms with van der Waals surface area (Å²) in [5.41, 5.74) is 1.10. The normalized spacial score (nSPS) is 35.7. The smallest absolute Gasteiger partial charge is 0.223 e. The fraction of sp³-hybridized carbons (Fsp3) is 0.989. The average molecular weight is 2030 g/mol. The number of hydrogen-bond acceptors (Lipinski definition) is 35. The molecule has 34 nitrogen and oxygen atoms in total. The third-order valence-electron chi connectivity index (χ3n) is 31.3. The SMILES string of the molecule is CC1COC2(CCC2)CN1C.CN1CCOC2(C1)CS(=O)(=O)C2.CN1CCOC2(C1)CS(=O)C2.CN1CCOC2(CCS(=O)(=O)C2)C1.CN1CCOC2(CCS(=O)C2)C1.CN1CCOC2(CCSC2)C1.CN1CCOC2(CNC(=O)C2)C1.CN1CCOC2(COC2)C1.CN1CCOC2(CSC2)C1.CN1CCOCC2(CC2)C1.CN1CCOCC2(CCC2)C1.COC1CC2(C1)CN(C)CCO2. The summed E-state index contributed by atoms with van der Waals surface area (Å²) < 4.78 is 145. The maximum Gasteiger partial charge on any atom is 0.223 e. The van der Waals surface area contributed by atoms with Crippen LogP contribution in [0.1, 0.15) is 96.8 Å². The number of carbonyl (C=O) groups excluding carboxylic acids is 1. The van der Waals surface area contributed by atoms with Gasteiger partial charge in [-0.2, -0.15) is 23.5 Å². The molecule has 20 saturated heterocycles. The second-order valence-electron chi connectivity index (χ2n) is 45.1. The highest BCUT2D eigenvalue weighted by Crippen LogP contribution is 2.48. The van der Waals surface area contributed by atoms with Crippen LogP contribution in [0, 0.1) is 10.8 Å². The van der Waals surface area contributed by atoms with Crippen LogP contribution in [0.25, 0.3) is 0 Å². The Morgan fingerprint density at radius 2 is 0.756 bits per heavy atom. The van der Waals surface area contributed by atoms with Crippen molar-refractivity contribution in [1.29, 1.82) is 0 Å². The molecule has 0 bridgehead atoms. The van der Waals surface area contributed by atoms with Crippen molar-refractivity contribution in [3.8, 4) is 0 Å². The molecule has 0 aromatic heterocycles. The van der Waals surface area contributed by atoms with Gasteiger partial charge in [0.25, 0.3) is 0 Å². The van der Waals surface area contributed by atoms with Crippen LogP contribution < -0.4 is 5.32 Å². The van der Waals surface area contributed by atoms with Gasteiger partial charge in [-0.05, 0) is 161 Å². The highest BCUT2D eigenvalue weighted by molar-refractivity contribution is 8.00. The van der Waals surface area contributed by atoms with Gasteiger partial charge in [-0.25, -0.2) is 16.8 Å². The zero-order chi connectivity index (χ0) is 96.5. The zero-order valence-corrected chi connectivity index (χ0v) is 90.1. The van der Waals surface area contributed by atoms with Gasteiger partial charge in [0.05, 0.1) is 192 Å². The molecule has 6 unspecified atom stereocenters. The number of nitrogens with one attached hydrogen (secondary N) is 1. The van der Waals surface area contributed by atoms with Gasteiger partial charge in [-0.1, -0.05) is 6.42 Å². The van der Waals surface area contributed by atoms with E-state index in [1.807, 2.05) is 37.6 Å². The Kier molecular flexibility index (Phi) is 40.8. The number of ether oxygens (including phenoxy) is 14. The van der Waals surface area contributed by atoms with E-state index < -0.39 is 41.3 Å². The second kappa shape index (κ2) is 49.4. The van der Waals surface area contributed by atoms with Gasteiger partial charge in [-0.3, -0.25) is 18.1 Å². The van der Waals surface area contributed by atoms with E-state index in [9.17, 15) is 30.0 Å². The second-order valence-corrected chi connectivity index (χ2v) is 54.5. The minimum atomic E-state index is -2.83. The first kappa shape index (κ1) is 112. The van der Waals surface area contributed by atoms with Crippen molar-refractivity contribution in [3.63, 3.8) is 0 Å². The lowest BCUT2D eigenvalue weighted by molar-refractivity contribution is -0.235. The number of thioether (sulfide) groups is 2. The summed E-state index contributed by atoms with van der Waals surface area (Å²) in [6.45, 7) is 40.2. The summed E-state index contributed by atoms with van der Waals surface area (Å²) in [6.07, 6.45) is 16.9. The minimum absolute atomic E-state index is 0.0299. The molecule has 40 heteroatoms. The molecule has 24 aliphatic rings. The average Bonchev–Trinajstić information content (AvgIpc) is 1.75. The van der Waals surface area contributed by atoms with Crippen molar-refractivity contribution >= 4 is 70.7 Å². The number of likely N-dealkylation sites (N-methyl/N-ethyl adjacent to an activating group) is 12. The van der Waals surface area contributed by atoms with Crippen LogP contribution in [0.15, 0.2) is 0 Å². The Bertz CT molecular complexity index is 3850. The number of morpholine rings is 10. The molecule has 24 fully saturated rings. The quantitative estimate of drug-likeness (QED) is 0.391. The van der Waals surface area contributed by atoms with Gasteiger partial charge in [0, 0.05) is 239 Å². The van der Waals surface area contributed by atoms with Gasteiger partial charge in [0.15, 0.2) is 19.7 Å². The maximum absolute atomic E-state index is 11.3. The third kappa shape index (κ3) is 33.2. The van der Waals surface area contributed by atoms with Gasteiger partial charge < -0.3 is 126 Å². The third-order valence-corrected chi connectivity index (χ3v) is 40.9. The molecule has 784 valence electrons. The highest BCUT2D eigenvalue weighted by Gasteiger charge is 2.55. The topological polar surface area (TPSA) is 300 Å². The molecule has 24 rings (SSSR count). The van der Waals surface area contributed by atoms with Gasteiger partial charge in [0.2, 0.25) is 5.91 Å². The molecule has 1 N–H and O–H groups in total. The van der Waals surface area contributed by atoms with E-state index >= 15 is 0 Å². The number of amides is 1. The predicted octanol–water partition coefficient (Wildman–Crippen LogP) is 1.70. The van der Waals surface area contributed by atoms with Crippen molar-refractivity contribution < 1.29 is 96.4 Å². The van der Waals surface area contributed by atoms with Crippen molar-refractivity contribution in [2.24, 2.45) is 10.8 Å². The lowest BCUT2D eigenvalue weighted by Crippen LogP contribution is -2.65. The Hall–Kier alpha value is -0.670. The number of nitrogens with zero attached hydrogens (tertiary/aromatic N) is 12. The van der Waals surface area contributed by atoms with Crippen LogP contribution in [0.5, 0.6) is 0 Å². The summed E-state index contributed by atoms with van der Waals surface area (Å²) in [5.74, 6) is 9.02. The van der Waals surface area contributed by atoms with E-state index in [4.69, 9.17) is 66.3 Å². The van der Waals surface area contributed by atoms with E-state index in [2.05, 4.69) is 142 Å². The van der Waals surface area contributed by atoms with Crippen LogP contribution >= 0.6 is 23.5 Å². The summed E-state index contributed by atoms with van der Waals surface area (Å²) in [5, 5.41) is 2.81. The van der Waals surface area contributed by atoms with Crippen LogP contribution in [0.4, 0.5) is 0 Å². The molecule has 20 heterocycles. The van der Waals surface area contributed by atoms with E-state index in [-0.39, 0.29) is 79.2 Å². The number of rotatable bonds is 1. The van der Waals surface area contributed by atoms with E-state index in [1.165, 1.54) is 93.9 Å². The largest absolute Gasteiger partial charge is 0.381 e. The molecule has 20 aliphatic heterocycles. The lowest BCUT2D eigenvalue weighted by Gasteiger charge is -2.51. The molecule has 135 heavy (non-hydrogen) atoms. The van der Waals surface area contributed by atoms with Crippen molar-refractivity contribution in [2.75, 3.05) is 424 Å². The van der Waals surface area contributed by atoms with Gasteiger partial charge in [-0.15, -0.1) is 0 Å². The predicted molar refractivity (Wildman–Crippen MR) is 535 cm³/mol. The molecule has 4 aliphatic carbocycles. The van der Waals surface area contributed by atoms with Crippen molar-refractivity contribution in [1.82, 2.24) is 64.1 Å². The number of sulfone groups is 2. The first-order valence-electron chi connectivity index (χ1n) is 50.6. The van der Waals surface area contributed by atoms with Crippen molar-refractivity contribution in [3.05, 3.63) is 0 Å². The molecule has 4 saturated carbocycles. The molecule has 12 spiro atoms. The van der Waals surface area contributed by atoms with Gasteiger partial charge in [0.1, 0.15) is 22.4 Å². The number of carbonyl (C=O) groups is 1. The Morgan fingerprint density at radius 3 is 1.14 bits per heavy atom. The molecular weight excluding hydrogens is 1850 g/mol. The first-order chi connectivity index (χ1) is 64.1. The van der Waals surface area contributed by atoms with Crippen LogP contribution in [0.3, 0.4) is 0 Å². The highest BCUT2D eigenvalue weighted by atomic mass is 32.2. The summed E-state index contributed by atoms with van der Waals surface area (Å²) in [4.78, 5) is 38.6. The number of hydrogen-bond donors (Lipinski definition) is 1. The van der Waals surface area contributed by atoms with Crippen LogP contribution in [-0.2, 0) is 112 Å². The molecule has 6 atom stereocenters. The molecule has 0 radical (unpaired) electrons. The number of methoxy groups -OCH3 is 1. The Balaban J connectivity index is 0.000000125. The van der Waals surface area contributed by atoms with Crippen LogP contribution in [0.2, 0.25) is 0 Å². The molecule has 0 aromatic carbocycles. The summed E-state index contributed by atoms with van der Waals surface area (Å²) >= 11 is 4.02.